The summed E-state index contributed by atoms with van der Waals surface area (Å²) in [6.45, 7) is 0.535. The highest BCUT2D eigenvalue weighted by Gasteiger charge is 2.13. The van der Waals surface area contributed by atoms with Gasteiger partial charge in [0.2, 0.25) is 5.91 Å². The molecule has 0 bridgehead atoms. The molecule has 1 heterocycles. The van der Waals surface area contributed by atoms with Crippen molar-refractivity contribution in [3.8, 4) is 0 Å². The van der Waals surface area contributed by atoms with E-state index in [1.165, 1.54) is 11.3 Å². The Kier molecular flexibility index (Phi) is 5.40. The largest absolute Gasteiger partial charge is 0.341 e. The van der Waals surface area contributed by atoms with Crippen molar-refractivity contribution < 1.29 is 4.79 Å². The minimum Gasteiger partial charge on any atom is -0.341 e. The molecule has 2 rings (SSSR count). The van der Waals surface area contributed by atoms with E-state index in [4.69, 9.17) is 23.2 Å². The maximum atomic E-state index is 12.1. The van der Waals surface area contributed by atoms with Crippen molar-refractivity contribution in [1.82, 2.24) is 9.88 Å². The van der Waals surface area contributed by atoms with Gasteiger partial charge < -0.3 is 4.90 Å². The molecule has 106 valence electrons. The minimum atomic E-state index is 0.0282. The van der Waals surface area contributed by atoms with Crippen LogP contribution in [0.5, 0.6) is 0 Å². The molecule has 20 heavy (non-hydrogen) atoms. The molecule has 0 spiro atoms. The standard InChI is InChI=1S/C14H14Cl2N2OS/c1-18(8-10-3-2-4-11(16)5-10)14(19)6-13-17-12(7-15)9-20-13/h2-5,9H,6-8H2,1H3. The first-order valence-electron chi connectivity index (χ1n) is 6.06. The molecular formula is C14H14Cl2N2OS. The maximum absolute atomic E-state index is 12.1. The molecule has 0 saturated carbocycles. The zero-order valence-corrected chi connectivity index (χ0v) is 13.3. The van der Waals surface area contributed by atoms with Gasteiger partial charge in [0.1, 0.15) is 5.01 Å². The first kappa shape index (κ1) is 15.3. The summed E-state index contributed by atoms with van der Waals surface area (Å²) in [6, 6.07) is 7.50. The van der Waals surface area contributed by atoms with Crippen LogP contribution in [0.15, 0.2) is 29.6 Å². The summed E-state index contributed by atoms with van der Waals surface area (Å²) >= 11 is 13.1. The summed E-state index contributed by atoms with van der Waals surface area (Å²) in [7, 11) is 1.78. The number of alkyl halides is 1. The first-order chi connectivity index (χ1) is 9.58. The Morgan fingerprint density at radius 3 is 2.90 bits per heavy atom. The van der Waals surface area contributed by atoms with Crippen LogP contribution in [0, 0.1) is 0 Å². The number of hydrogen-bond donors (Lipinski definition) is 0. The lowest BCUT2D eigenvalue weighted by molar-refractivity contribution is -0.129. The minimum absolute atomic E-state index is 0.0282. The Labute approximate surface area is 132 Å². The van der Waals surface area contributed by atoms with E-state index in [1.807, 2.05) is 29.6 Å². The number of carbonyl (C=O) groups excluding carboxylic acids is 1. The number of carbonyl (C=O) groups is 1. The molecule has 0 atom stereocenters. The number of nitrogens with zero attached hydrogens (tertiary/aromatic N) is 2. The van der Waals surface area contributed by atoms with Gasteiger partial charge in [-0.3, -0.25) is 4.79 Å². The average molecular weight is 329 g/mol. The lowest BCUT2D eigenvalue weighted by Gasteiger charge is -2.16. The van der Waals surface area contributed by atoms with Gasteiger partial charge in [0, 0.05) is 24.0 Å². The quantitative estimate of drug-likeness (QED) is 0.783. The van der Waals surface area contributed by atoms with Crippen LogP contribution in [0.2, 0.25) is 5.02 Å². The zero-order valence-electron chi connectivity index (χ0n) is 11.0. The number of hydrogen-bond acceptors (Lipinski definition) is 3. The fraction of sp³-hybridized carbons (Fsp3) is 0.286. The van der Waals surface area contributed by atoms with E-state index >= 15 is 0 Å². The number of thiazole rings is 1. The molecule has 0 aliphatic carbocycles. The van der Waals surface area contributed by atoms with Gasteiger partial charge in [0.15, 0.2) is 0 Å². The number of likely N-dealkylation sites (N-methyl/N-ethyl adjacent to an activating group) is 1. The summed E-state index contributed by atoms with van der Waals surface area (Å²) in [5.74, 6) is 0.406. The summed E-state index contributed by atoms with van der Waals surface area (Å²) in [6.07, 6.45) is 0.304. The van der Waals surface area contributed by atoms with Gasteiger partial charge in [-0.2, -0.15) is 0 Å². The van der Waals surface area contributed by atoms with Crippen molar-refractivity contribution in [3.63, 3.8) is 0 Å². The van der Waals surface area contributed by atoms with Crippen molar-refractivity contribution in [3.05, 3.63) is 50.9 Å². The fourth-order valence-corrected chi connectivity index (χ4v) is 2.98. The van der Waals surface area contributed by atoms with Crippen molar-refractivity contribution in [2.45, 2.75) is 18.8 Å². The Morgan fingerprint density at radius 1 is 1.45 bits per heavy atom. The normalized spacial score (nSPS) is 10.6. The van der Waals surface area contributed by atoms with Crippen LogP contribution in [0.1, 0.15) is 16.3 Å². The Balaban J connectivity index is 1.95. The fourth-order valence-electron chi connectivity index (χ4n) is 1.75. The molecule has 0 radical (unpaired) electrons. The van der Waals surface area contributed by atoms with Gasteiger partial charge in [-0.1, -0.05) is 23.7 Å². The Hall–Kier alpha value is -1.10. The third-order valence-electron chi connectivity index (χ3n) is 2.77. The summed E-state index contributed by atoms with van der Waals surface area (Å²) in [4.78, 5) is 18.1. The molecule has 0 N–H and O–H groups in total. The van der Waals surface area contributed by atoms with Gasteiger partial charge in [0.25, 0.3) is 0 Å². The summed E-state index contributed by atoms with van der Waals surface area (Å²) in [5, 5.41) is 3.35. The number of halogens is 2. The van der Waals surface area contributed by atoms with Crippen LogP contribution in [0.3, 0.4) is 0 Å². The molecule has 0 saturated heterocycles. The smallest absolute Gasteiger partial charge is 0.229 e. The average Bonchev–Trinajstić information content (AvgIpc) is 2.86. The Morgan fingerprint density at radius 2 is 2.25 bits per heavy atom. The monoisotopic (exact) mass is 328 g/mol. The molecule has 0 unspecified atom stereocenters. The highest BCUT2D eigenvalue weighted by molar-refractivity contribution is 7.09. The van der Waals surface area contributed by atoms with E-state index in [-0.39, 0.29) is 5.91 Å². The molecule has 2 aromatic rings. The molecule has 3 nitrogen and oxygen atoms in total. The van der Waals surface area contributed by atoms with Gasteiger partial charge >= 0.3 is 0 Å². The number of benzene rings is 1. The van der Waals surface area contributed by atoms with Crippen LogP contribution in [0.4, 0.5) is 0 Å². The van der Waals surface area contributed by atoms with E-state index in [2.05, 4.69) is 4.98 Å². The summed E-state index contributed by atoms with van der Waals surface area (Å²) in [5.41, 5.74) is 1.82. The lowest BCUT2D eigenvalue weighted by atomic mass is 10.2. The topological polar surface area (TPSA) is 33.2 Å². The molecule has 0 fully saturated rings. The number of amides is 1. The number of aromatic nitrogens is 1. The van der Waals surface area contributed by atoms with Crippen molar-refractivity contribution in [2.24, 2.45) is 0 Å². The van der Waals surface area contributed by atoms with E-state index < -0.39 is 0 Å². The summed E-state index contributed by atoms with van der Waals surface area (Å²) < 4.78 is 0. The highest BCUT2D eigenvalue weighted by atomic mass is 35.5. The van der Waals surface area contributed by atoms with Crippen LogP contribution in [0.25, 0.3) is 0 Å². The SMILES string of the molecule is CN(Cc1cccc(Cl)c1)C(=O)Cc1nc(CCl)cs1. The van der Waals surface area contributed by atoms with Crippen molar-refractivity contribution in [1.29, 1.82) is 0 Å². The van der Waals surface area contributed by atoms with E-state index in [0.29, 0.717) is 23.9 Å². The second-order valence-corrected chi connectivity index (χ2v) is 6.07. The maximum Gasteiger partial charge on any atom is 0.229 e. The van der Waals surface area contributed by atoms with Crippen LogP contribution in [-0.2, 0) is 23.6 Å². The second-order valence-electron chi connectivity index (χ2n) is 4.42. The van der Waals surface area contributed by atoms with Crippen LogP contribution < -0.4 is 0 Å². The molecule has 6 heteroatoms. The zero-order chi connectivity index (χ0) is 14.5. The van der Waals surface area contributed by atoms with E-state index in [9.17, 15) is 4.79 Å². The lowest BCUT2D eigenvalue weighted by Crippen LogP contribution is -2.27. The molecular weight excluding hydrogens is 315 g/mol. The van der Waals surface area contributed by atoms with Crippen LogP contribution in [-0.4, -0.2) is 22.8 Å². The third kappa shape index (κ3) is 4.20. The predicted molar refractivity (Wildman–Crippen MR) is 83.3 cm³/mol. The van der Waals surface area contributed by atoms with E-state index in [0.717, 1.165) is 16.3 Å². The first-order valence-corrected chi connectivity index (χ1v) is 7.85. The van der Waals surface area contributed by atoms with Crippen LogP contribution >= 0.6 is 34.5 Å². The Bertz CT molecular complexity index is 600. The highest BCUT2D eigenvalue weighted by Crippen LogP contribution is 2.15. The molecule has 0 aliphatic heterocycles. The molecule has 1 aromatic carbocycles. The van der Waals surface area contributed by atoms with Gasteiger partial charge in [0.05, 0.1) is 18.0 Å². The molecule has 0 aliphatic rings. The van der Waals surface area contributed by atoms with Gasteiger partial charge in [-0.15, -0.1) is 22.9 Å². The predicted octanol–water partition coefficient (Wildman–Crippen LogP) is 3.74. The van der Waals surface area contributed by atoms with Gasteiger partial charge in [-0.05, 0) is 17.7 Å². The van der Waals surface area contributed by atoms with E-state index in [1.54, 1.807) is 11.9 Å². The van der Waals surface area contributed by atoms with Crippen molar-refractivity contribution in [2.75, 3.05) is 7.05 Å². The number of rotatable bonds is 5. The van der Waals surface area contributed by atoms with Gasteiger partial charge in [-0.25, -0.2) is 4.98 Å². The third-order valence-corrected chi connectivity index (χ3v) is 4.18. The second kappa shape index (κ2) is 7.07. The molecule has 1 amide bonds. The van der Waals surface area contributed by atoms with Crippen molar-refractivity contribution >= 4 is 40.4 Å². The molecule has 1 aromatic heterocycles.